The van der Waals surface area contributed by atoms with Crippen LogP contribution in [-0.2, 0) is 17.9 Å². The van der Waals surface area contributed by atoms with Crippen molar-refractivity contribution in [3.8, 4) is 11.4 Å². The molecule has 0 amide bonds. The van der Waals surface area contributed by atoms with Crippen molar-refractivity contribution in [1.29, 1.82) is 0 Å². The summed E-state index contributed by atoms with van der Waals surface area (Å²) in [7, 11) is 1.62. The third-order valence-corrected chi connectivity index (χ3v) is 4.57. The molecule has 8 heteroatoms. The van der Waals surface area contributed by atoms with Gasteiger partial charge in [0.2, 0.25) is 5.89 Å². The summed E-state index contributed by atoms with van der Waals surface area (Å²) in [6.45, 7) is 2.92. The molecule has 0 aliphatic carbocycles. The number of rotatable bonds is 6. The van der Waals surface area contributed by atoms with E-state index in [0.717, 1.165) is 43.1 Å². The summed E-state index contributed by atoms with van der Waals surface area (Å²) in [6, 6.07) is 10.0. The van der Waals surface area contributed by atoms with Gasteiger partial charge in [-0.1, -0.05) is 35.5 Å². The maximum Gasteiger partial charge on any atom is 0.240 e. The van der Waals surface area contributed by atoms with Gasteiger partial charge in [0, 0.05) is 25.1 Å². The number of methoxy groups -OCH3 is 1. The highest BCUT2D eigenvalue weighted by molar-refractivity contribution is 5.53. The van der Waals surface area contributed by atoms with Gasteiger partial charge < -0.3 is 9.26 Å². The van der Waals surface area contributed by atoms with Crippen molar-refractivity contribution in [2.75, 3.05) is 20.2 Å². The van der Waals surface area contributed by atoms with Gasteiger partial charge in [-0.15, -0.1) is 0 Å². The van der Waals surface area contributed by atoms with Crippen molar-refractivity contribution in [3.63, 3.8) is 0 Å². The van der Waals surface area contributed by atoms with E-state index in [1.807, 2.05) is 30.3 Å². The Balaban J connectivity index is 1.41. The summed E-state index contributed by atoms with van der Waals surface area (Å²) < 4.78 is 10.3. The summed E-state index contributed by atoms with van der Waals surface area (Å²) in [5.74, 6) is 3.23. The fourth-order valence-electron chi connectivity index (χ4n) is 3.33. The van der Waals surface area contributed by atoms with Crippen molar-refractivity contribution in [1.82, 2.24) is 30.2 Å². The van der Waals surface area contributed by atoms with Crippen LogP contribution in [0.25, 0.3) is 11.4 Å². The Bertz CT molecular complexity index is 831. The predicted octanol–water partition coefficient (Wildman–Crippen LogP) is 2.38. The topological polar surface area (TPSA) is 93.0 Å². The Hall–Kier alpha value is -2.58. The summed E-state index contributed by atoms with van der Waals surface area (Å²) >= 11 is 0. The lowest BCUT2D eigenvalue weighted by Gasteiger charge is -2.30. The van der Waals surface area contributed by atoms with Crippen LogP contribution in [0.2, 0.25) is 0 Å². The van der Waals surface area contributed by atoms with Gasteiger partial charge in [0.25, 0.3) is 0 Å². The maximum absolute atomic E-state index is 5.30. The third-order valence-electron chi connectivity index (χ3n) is 4.57. The first-order valence-electron chi connectivity index (χ1n) is 8.82. The lowest BCUT2D eigenvalue weighted by molar-refractivity contribution is 0.170. The Morgan fingerprint density at radius 3 is 3.00 bits per heavy atom. The molecule has 1 saturated heterocycles. The van der Waals surface area contributed by atoms with Crippen LogP contribution in [0.5, 0.6) is 0 Å². The largest absolute Gasteiger partial charge is 0.377 e. The molecule has 3 heterocycles. The van der Waals surface area contributed by atoms with Crippen molar-refractivity contribution < 1.29 is 9.26 Å². The van der Waals surface area contributed by atoms with Crippen LogP contribution in [0, 0.1) is 0 Å². The molecule has 8 nitrogen and oxygen atoms in total. The monoisotopic (exact) mass is 354 g/mol. The van der Waals surface area contributed by atoms with Crippen LogP contribution in [0.15, 0.2) is 34.9 Å². The molecule has 1 fully saturated rings. The summed E-state index contributed by atoms with van der Waals surface area (Å²) in [5, 5.41) is 11.4. The van der Waals surface area contributed by atoms with Crippen LogP contribution in [0.3, 0.4) is 0 Å². The van der Waals surface area contributed by atoms with E-state index in [4.69, 9.17) is 14.2 Å². The minimum absolute atomic E-state index is 0.329. The molecule has 1 unspecified atom stereocenters. The molecule has 3 aromatic rings. The standard InChI is InChI=1S/C18H22N6O2/c1-25-12-15-19-16(26-23-15)11-24-9-5-8-14(10-24)18-20-17(21-22-18)13-6-3-2-4-7-13/h2-4,6-7,14H,5,8-12H2,1H3,(H,20,21,22). The molecule has 2 aromatic heterocycles. The van der Waals surface area contributed by atoms with Crippen molar-refractivity contribution >= 4 is 0 Å². The number of nitrogens with zero attached hydrogens (tertiary/aromatic N) is 5. The molecule has 1 atom stereocenters. The van der Waals surface area contributed by atoms with Gasteiger partial charge in [0.1, 0.15) is 12.4 Å². The van der Waals surface area contributed by atoms with Gasteiger partial charge in [-0.25, -0.2) is 4.98 Å². The van der Waals surface area contributed by atoms with Gasteiger partial charge in [-0.05, 0) is 19.4 Å². The number of H-pyrrole nitrogens is 1. The van der Waals surface area contributed by atoms with Crippen LogP contribution in [0.1, 0.15) is 36.3 Å². The lowest BCUT2D eigenvalue weighted by atomic mass is 9.97. The normalized spacial score (nSPS) is 18.3. The van der Waals surface area contributed by atoms with E-state index < -0.39 is 0 Å². The quantitative estimate of drug-likeness (QED) is 0.726. The zero-order valence-corrected chi connectivity index (χ0v) is 14.8. The number of likely N-dealkylation sites (tertiary alicyclic amines) is 1. The number of ether oxygens (including phenoxy) is 1. The van der Waals surface area contributed by atoms with E-state index in [1.54, 1.807) is 7.11 Å². The van der Waals surface area contributed by atoms with Gasteiger partial charge in [0.05, 0.1) is 6.54 Å². The van der Waals surface area contributed by atoms with E-state index in [9.17, 15) is 0 Å². The molecular weight excluding hydrogens is 332 g/mol. The van der Waals surface area contributed by atoms with E-state index in [1.165, 1.54) is 0 Å². The van der Waals surface area contributed by atoms with Crippen LogP contribution in [-0.4, -0.2) is 50.4 Å². The van der Waals surface area contributed by atoms with E-state index >= 15 is 0 Å². The summed E-state index contributed by atoms with van der Waals surface area (Å²) in [4.78, 5) is 11.4. The Labute approximate surface area is 151 Å². The fraction of sp³-hybridized carbons (Fsp3) is 0.444. The molecular formula is C18H22N6O2. The SMILES string of the molecule is COCc1noc(CN2CCCC(c3nc(-c4ccccc4)n[nH]3)C2)n1. The second-order valence-electron chi connectivity index (χ2n) is 6.52. The molecule has 0 radical (unpaired) electrons. The number of hydrogen-bond donors (Lipinski definition) is 1. The Kier molecular flexibility index (Phi) is 5.03. The average Bonchev–Trinajstić information content (AvgIpc) is 3.33. The average molecular weight is 354 g/mol. The number of benzene rings is 1. The fourth-order valence-corrected chi connectivity index (χ4v) is 3.33. The van der Waals surface area contributed by atoms with Crippen LogP contribution in [0.4, 0.5) is 0 Å². The van der Waals surface area contributed by atoms with Gasteiger partial charge in [-0.2, -0.15) is 10.1 Å². The molecule has 0 bridgehead atoms. The first-order valence-corrected chi connectivity index (χ1v) is 8.82. The molecule has 136 valence electrons. The molecule has 1 aromatic carbocycles. The Morgan fingerprint density at radius 2 is 2.15 bits per heavy atom. The number of hydrogen-bond acceptors (Lipinski definition) is 7. The number of nitrogens with one attached hydrogen (secondary N) is 1. The molecule has 26 heavy (non-hydrogen) atoms. The van der Waals surface area contributed by atoms with Gasteiger partial charge in [0.15, 0.2) is 11.6 Å². The molecule has 0 spiro atoms. The lowest BCUT2D eigenvalue weighted by Crippen LogP contribution is -2.34. The van der Waals surface area contributed by atoms with E-state index in [2.05, 4.69) is 25.2 Å². The molecule has 0 saturated carbocycles. The second kappa shape index (κ2) is 7.76. The van der Waals surface area contributed by atoms with Crippen LogP contribution < -0.4 is 0 Å². The third kappa shape index (κ3) is 3.81. The zero-order chi connectivity index (χ0) is 17.8. The smallest absolute Gasteiger partial charge is 0.240 e. The second-order valence-corrected chi connectivity index (χ2v) is 6.52. The summed E-state index contributed by atoms with van der Waals surface area (Å²) in [6.07, 6.45) is 2.20. The summed E-state index contributed by atoms with van der Waals surface area (Å²) in [5.41, 5.74) is 1.03. The van der Waals surface area contributed by atoms with E-state index in [-0.39, 0.29) is 0 Å². The predicted molar refractivity (Wildman–Crippen MR) is 94.1 cm³/mol. The van der Waals surface area contributed by atoms with Crippen LogP contribution >= 0.6 is 0 Å². The highest BCUT2D eigenvalue weighted by atomic mass is 16.5. The minimum Gasteiger partial charge on any atom is -0.377 e. The molecule has 4 rings (SSSR count). The van der Waals surface area contributed by atoms with Crippen molar-refractivity contribution in [2.45, 2.75) is 31.9 Å². The first kappa shape index (κ1) is 16.9. The molecule has 1 aliphatic heterocycles. The minimum atomic E-state index is 0.329. The highest BCUT2D eigenvalue weighted by Gasteiger charge is 2.25. The van der Waals surface area contributed by atoms with Gasteiger partial charge >= 0.3 is 0 Å². The maximum atomic E-state index is 5.30. The van der Waals surface area contributed by atoms with Crippen molar-refractivity contribution in [2.24, 2.45) is 0 Å². The van der Waals surface area contributed by atoms with Gasteiger partial charge in [-0.3, -0.25) is 10.00 Å². The number of aromatic nitrogens is 5. The zero-order valence-electron chi connectivity index (χ0n) is 14.8. The Morgan fingerprint density at radius 1 is 1.27 bits per heavy atom. The van der Waals surface area contributed by atoms with E-state index in [0.29, 0.717) is 30.8 Å². The number of aromatic amines is 1. The molecule has 1 aliphatic rings. The highest BCUT2D eigenvalue weighted by Crippen LogP contribution is 2.26. The van der Waals surface area contributed by atoms with Crippen molar-refractivity contribution in [3.05, 3.63) is 47.9 Å². The number of piperidine rings is 1. The first-order chi connectivity index (χ1) is 12.8. The molecule has 1 N–H and O–H groups in total.